The summed E-state index contributed by atoms with van der Waals surface area (Å²) in [6.45, 7) is 0. The van der Waals surface area contributed by atoms with Crippen LogP contribution in [0.25, 0.3) is 0 Å². The van der Waals surface area contributed by atoms with Crippen LogP contribution in [0.15, 0.2) is 42.5 Å². The normalized spacial score (nSPS) is 13.1. The minimum absolute atomic E-state index is 0.223. The minimum atomic E-state index is -2.06. The summed E-state index contributed by atoms with van der Waals surface area (Å²) in [5.41, 5.74) is -1.58. The van der Waals surface area contributed by atoms with Gasteiger partial charge in [-0.25, -0.2) is 4.79 Å². The lowest BCUT2D eigenvalue weighted by Gasteiger charge is -2.27. The van der Waals surface area contributed by atoms with Crippen LogP contribution in [0.1, 0.15) is 11.1 Å². The van der Waals surface area contributed by atoms with Gasteiger partial charge in [0.2, 0.25) is 5.60 Å². The fourth-order valence-electron chi connectivity index (χ4n) is 2.35. The average Bonchev–Trinajstić information content (AvgIpc) is 2.60. The van der Waals surface area contributed by atoms with E-state index < -0.39 is 11.6 Å². The van der Waals surface area contributed by atoms with Crippen LogP contribution in [-0.4, -0.2) is 32.4 Å². The number of carbonyl (C=O) groups is 1. The highest BCUT2D eigenvalue weighted by atomic mass is 35.5. The Morgan fingerprint density at radius 2 is 1.70 bits per heavy atom. The van der Waals surface area contributed by atoms with E-state index in [9.17, 15) is 9.90 Å². The van der Waals surface area contributed by atoms with Crippen LogP contribution in [0.5, 0.6) is 11.5 Å². The van der Waals surface area contributed by atoms with E-state index in [0.29, 0.717) is 11.5 Å². The van der Waals surface area contributed by atoms with Crippen LogP contribution in [-0.2, 0) is 15.1 Å². The molecule has 0 aliphatic rings. The molecule has 2 aromatic rings. The van der Waals surface area contributed by atoms with Crippen molar-refractivity contribution in [2.24, 2.45) is 0 Å². The number of methoxy groups -OCH3 is 3. The second kappa shape index (κ2) is 6.89. The molecule has 0 amide bonds. The van der Waals surface area contributed by atoms with Gasteiger partial charge in [-0.05, 0) is 18.2 Å². The minimum Gasteiger partial charge on any atom is -0.493 e. The number of ether oxygens (including phenoxy) is 3. The van der Waals surface area contributed by atoms with E-state index in [-0.39, 0.29) is 16.1 Å². The lowest BCUT2D eigenvalue weighted by atomic mass is 9.86. The van der Waals surface area contributed by atoms with E-state index in [1.54, 1.807) is 36.4 Å². The summed E-state index contributed by atoms with van der Waals surface area (Å²) < 4.78 is 15.2. The number of aliphatic hydroxyl groups is 1. The number of hydrogen-bond donors (Lipinski definition) is 1. The number of carbonyl (C=O) groups excluding carboxylic acids is 1. The van der Waals surface area contributed by atoms with E-state index in [1.165, 1.54) is 27.4 Å². The van der Waals surface area contributed by atoms with Crippen molar-refractivity contribution in [1.82, 2.24) is 0 Å². The molecule has 1 unspecified atom stereocenters. The molecule has 2 aromatic carbocycles. The van der Waals surface area contributed by atoms with Gasteiger partial charge in [0.1, 0.15) is 0 Å². The molecule has 1 atom stereocenters. The first-order valence-electron chi connectivity index (χ1n) is 6.77. The van der Waals surface area contributed by atoms with Crippen LogP contribution in [0.2, 0.25) is 5.02 Å². The van der Waals surface area contributed by atoms with Crippen molar-refractivity contribution in [3.63, 3.8) is 0 Å². The molecular weight excluding hydrogens is 320 g/mol. The number of rotatable bonds is 5. The lowest BCUT2D eigenvalue weighted by Crippen LogP contribution is -2.38. The molecule has 0 saturated carbocycles. The van der Waals surface area contributed by atoms with E-state index >= 15 is 0 Å². The number of hydrogen-bond acceptors (Lipinski definition) is 5. The van der Waals surface area contributed by atoms with Crippen molar-refractivity contribution in [2.75, 3.05) is 21.3 Å². The van der Waals surface area contributed by atoms with Crippen LogP contribution in [0.3, 0.4) is 0 Å². The van der Waals surface area contributed by atoms with Crippen molar-refractivity contribution < 1.29 is 24.1 Å². The Morgan fingerprint density at radius 3 is 2.26 bits per heavy atom. The van der Waals surface area contributed by atoms with Gasteiger partial charge in [-0.15, -0.1) is 0 Å². The molecule has 0 saturated heterocycles. The maximum Gasteiger partial charge on any atom is 0.347 e. The molecule has 1 N–H and O–H groups in total. The van der Waals surface area contributed by atoms with Crippen molar-refractivity contribution in [1.29, 1.82) is 0 Å². The van der Waals surface area contributed by atoms with Crippen molar-refractivity contribution in [2.45, 2.75) is 5.60 Å². The second-order valence-corrected chi connectivity index (χ2v) is 5.16. The van der Waals surface area contributed by atoms with Crippen molar-refractivity contribution >= 4 is 17.6 Å². The topological polar surface area (TPSA) is 65.0 Å². The summed E-state index contributed by atoms with van der Waals surface area (Å²) in [4.78, 5) is 12.3. The predicted octanol–water partition coefficient (Wildman–Crippen LogP) is 2.77. The van der Waals surface area contributed by atoms with Gasteiger partial charge in [-0.2, -0.15) is 0 Å². The predicted molar refractivity (Wildman–Crippen MR) is 86.0 cm³/mol. The molecule has 6 heteroatoms. The van der Waals surface area contributed by atoms with Gasteiger partial charge >= 0.3 is 5.97 Å². The van der Waals surface area contributed by atoms with Gasteiger partial charge in [0, 0.05) is 16.1 Å². The SMILES string of the molecule is COC(=O)C(O)(c1ccc(OC)c(OC)c1)c1ccccc1Cl. The number of esters is 1. The number of halogens is 1. The Hall–Kier alpha value is -2.24. The largest absolute Gasteiger partial charge is 0.493 e. The molecule has 0 aliphatic carbocycles. The Bertz CT molecular complexity index is 716. The fraction of sp³-hybridized carbons (Fsp3) is 0.235. The zero-order chi connectivity index (χ0) is 17.0. The third kappa shape index (κ3) is 2.98. The van der Waals surface area contributed by atoms with Crippen molar-refractivity contribution in [3.8, 4) is 11.5 Å². The molecule has 0 bridgehead atoms. The van der Waals surface area contributed by atoms with Crippen LogP contribution < -0.4 is 9.47 Å². The van der Waals surface area contributed by atoms with Crippen LogP contribution >= 0.6 is 11.6 Å². The first-order valence-corrected chi connectivity index (χ1v) is 7.15. The summed E-state index contributed by atoms with van der Waals surface area (Å²) in [6.07, 6.45) is 0. The monoisotopic (exact) mass is 336 g/mol. The van der Waals surface area contributed by atoms with Gasteiger partial charge in [0.25, 0.3) is 0 Å². The standard InChI is InChI=1S/C17H17ClO5/c1-21-14-9-8-11(10-15(14)22-2)17(20,16(19)23-3)12-6-4-5-7-13(12)18/h4-10,20H,1-3H3. The average molecular weight is 337 g/mol. The summed E-state index contributed by atoms with van der Waals surface area (Å²) in [7, 11) is 4.16. The zero-order valence-electron chi connectivity index (χ0n) is 13.0. The van der Waals surface area contributed by atoms with Gasteiger partial charge in [-0.3, -0.25) is 0 Å². The molecule has 0 spiro atoms. The fourth-order valence-corrected chi connectivity index (χ4v) is 2.62. The first kappa shape index (κ1) is 17.1. The maximum atomic E-state index is 12.3. The highest BCUT2D eigenvalue weighted by Crippen LogP contribution is 2.39. The number of benzene rings is 2. The molecular formula is C17H17ClO5. The van der Waals surface area contributed by atoms with Gasteiger partial charge in [0.15, 0.2) is 11.5 Å². The van der Waals surface area contributed by atoms with E-state index in [2.05, 4.69) is 0 Å². The highest BCUT2D eigenvalue weighted by molar-refractivity contribution is 6.31. The van der Waals surface area contributed by atoms with Gasteiger partial charge < -0.3 is 19.3 Å². The Morgan fingerprint density at radius 1 is 1.04 bits per heavy atom. The first-order chi connectivity index (χ1) is 11.0. The molecule has 122 valence electrons. The second-order valence-electron chi connectivity index (χ2n) is 4.75. The maximum absolute atomic E-state index is 12.3. The summed E-state index contributed by atoms with van der Waals surface area (Å²) in [6, 6.07) is 11.2. The molecule has 5 nitrogen and oxygen atoms in total. The lowest BCUT2D eigenvalue weighted by molar-refractivity contribution is -0.158. The third-order valence-corrected chi connectivity index (χ3v) is 3.88. The highest BCUT2D eigenvalue weighted by Gasteiger charge is 2.43. The van der Waals surface area contributed by atoms with Crippen LogP contribution in [0, 0.1) is 0 Å². The molecule has 0 aliphatic heterocycles. The smallest absolute Gasteiger partial charge is 0.347 e. The molecule has 0 aromatic heterocycles. The Balaban J connectivity index is 2.69. The summed E-state index contributed by atoms with van der Waals surface area (Å²) in [5, 5.41) is 11.4. The molecule has 0 heterocycles. The molecule has 0 radical (unpaired) electrons. The molecule has 0 fully saturated rings. The summed E-state index contributed by atoms with van der Waals surface area (Å²) >= 11 is 6.17. The van der Waals surface area contributed by atoms with Gasteiger partial charge in [0.05, 0.1) is 21.3 Å². The van der Waals surface area contributed by atoms with Crippen molar-refractivity contribution in [3.05, 3.63) is 58.6 Å². The molecule has 23 heavy (non-hydrogen) atoms. The quantitative estimate of drug-likeness (QED) is 0.850. The van der Waals surface area contributed by atoms with E-state index in [1.807, 2.05) is 0 Å². The Labute approximate surface area is 139 Å². The zero-order valence-corrected chi connectivity index (χ0v) is 13.8. The Kier molecular flexibility index (Phi) is 5.13. The van der Waals surface area contributed by atoms with Crippen LogP contribution in [0.4, 0.5) is 0 Å². The van der Waals surface area contributed by atoms with Gasteiger partial charge in [-0.1, -0.05) is 35.9 Å². The van der Waals surface area contributed by atoms with E-state index in [4.69, 9.17) is 25.8 Å². The molecule has 2 rings (SSSR count). The third-order valence-electron chi connectivity index (χ3n) is 3.55. The van der Waals surface area contributed by atoms with E-state index in [0.717, 1.165) is 0 Å². The summed E-state index contributed by atoms with van der Waals surface area (Å²) in [5.74, 6) is -0.000161.